The first-order chi connectivity index (χ1) is 12.9. The summed E-state index contributed by atoms with van der Waals surface area (Å²) in [4.78, 5) is 7.76. The molecule has 1 N–H and O–H groups in total. The summed E-state index contributed by atoms with van der Waals surface area (Å²) in [7, 11) is -3.22. The van der Waals surface area contributed by atoms with Crippen LogP contribution in [0.3, 0.4) is 0 Å². The highest BCUT2D eigenvalue weighted by Crippen LogP contribution is 2.53. The smallest absolute Gasteiger partial charge is 0.214 e. The number of aliphatic imine (C=N–C) groups is 1. The van der Waals surface area contributed by atoms with Gasteiger partial charge in [-0.3, -0.25) is 4.99 Å². The van der Waals surface area contributed by atoms with Crippen LogP contribution in [-0.2, 0) is 10.0 Å². The first-order valence-corrected chi connectivity index (χ1v) is 12.6. The highest BCUT2D eigenvalue weighted by atomic mass is 32.2. The Kier molecular flexibility index (Phi) is 5.15. The monoisotopic (exact) mass is 423 g/mol. The fraction of sp³-hybridized carbons (Fsp3) is 0.870. The lowest BCUT2D eigenvalue weighted by Gasteiger charge is -2.52. The molecule has 1 aliphatic carbocycles. The molecule has 1 saturated heterocycles. The van der Waals surface area contributed by atoms with E-state index in [0.29, 0.717) is 6.54 Å². The van der Waals surface area contributed by atoms with Crippen molar-refractivity contribution in [3.63, 3.8) is 0 Å². The molecular weight excluding hydrogens is 382 g/mol. The molecule has 166 valence electrons. The van der Waals surface area contributed by atoms with E-state index in [-0.39, 0.29) is 33.1 Å². The topological polar surface area (TPSA) is 61.8 Å². The normalized spacial score (nSPS) is 29.2. The van der Waals surface area contributed by atoms with E-state index in [0.717, 1.165) is 25.1 Å². The minimum atomic E-state index is -3.22. The Labute approximate surface area is 178 Å². The quantitative estimate of drug-likeness (QED) is 0.715. The van der Waals surface area contributed by atoms with Crippen molar-refractivity contribution in [2.45, 2.75) is 105 Å². The SMILES string of the molecule is CC(C)(C)C1=N[C@@](C)(C(C)(C)C)C(C(C)(C)C)=C2C[C@H](NS(=O)(=O)C3CC3)CN12. The van der Waals surface area contributed by atoms with Crippen molar-refractivity contribution in [1.82, 2.24) is 9.62 Å². The summed E-state index contributed by atoms with van der Waals surface area (Å²) >= 11 is 0. The zero-order chi connectivity index (χ0) is 22.2. The molecule has 2 fully saturated rings. The van der Waals surface area contributed by atoms with Gasteiger partial charge in [-0.25, -0.2) is 13.1 Å². The van der Waals surface area contributed by atoms with Gasteiger partial charge in [0.05, 0.1) is 10.8 Å². The fourth-order valence-corrected chi connectivity index (χ4v) is 6.43. The van der Waals surface area contributed by atoms with Crippen LogP contribution in [0.2, 0.25) is 0 Å². The first kappa shape index (κ1) is 22.8. The predicted molar refractivity (Wildman–Crippen MR) is 121 cm³/mol. The lowest BCUT2D eigenvalue weighted by molar-refractivity contribution is 0.198. The van der Waals surface area contributed by atoms with Crippen LogP contribution in [0.5, 0.6) is 0 Å². The number of nitrogens with zero attached hydrogens (tertiary/aromatic N) is 2. The van der Waals surface area contributed by atoms with Gasteiger partial charge < -0.3 is 4.90 Å². The molecule has 0 unspecified atom stereocenters. The molecule has 0 amide bonds. The van der Waals surface area contributed by atoms with Crippen LogP contribution in [0.25, 0.3) is 0 Å². The molecule has 0 aromatic carbocycles. The average Bonchev–Trinajstić information content (AvgIpc) is 3.25. The third kappa shape index (κ3) is 4.04. The van der Waals surface area contributed by atoms with Crippen LogP contribution in [0.4, 0.5) is 0 Å². The second kappa shape index (κ2) is 6.56. The molecule has 1 saturated carbocycles. The Hall–Kier alpha value is -0.880. The van der Waals surface area contributed by atoms with Gasteiger partial charge in [0.2, 0.25) is 10.0 Å². The Morgan fingerprint density at radius 3 is 1.97 bits per heavy atom. The molecule has 0 radical (unpaired) electrons. The van der Waals surface area contributed by atoms with Crippen molar-refractivity contribution in [1.29, 1.82) is 0 Å². The molecule has 3 aliphatic rings. The number of hydrogen-bond donors (Lipinski definition) is 1. The van der Waals surface area contributed by atoms with Crippen molar-refractivity contribution in [2.75, 3.05) is 6.54 Å². The highest BCUT2D eigenvalue weighted by Gasteiger charge is 2.53. The Morgan fingerprint density at radius 2 is 1.55 bits per heavy atom. The average molecular weight is 424 g/mol. The maximum absolute atomic E-state index is 12.6. The Balaban J connectivity index is 2.14. The summed E-state index contributed by atoms with van der Waals surface area (Å²) in [6.45, 7) is 23.1. The van der Waals surface area contributed by atoms with Crippen LogP contribution in [-0.4, -0.2) is 42.5 Å². The van der Waals surface area contributed by atoms with Crippen LogP contribution in [0.1, 0.15) is 88.5 Å². The molecule has 2 aliphatic heterocycles. The minimum absolute atomic E-state index is 0.0587. The van der Waals surface area contributed by atoms with Gasteiger partial charge >= 0.3 is 0 Å². The molecular formula is C23H41N3O2S. The maximum Gasteiger partial charge on any atom is 0.214 e. The maximum atomic E-state index is 12.6. The number of amidine groups is 1. The van der Waals surface area contributed by atoms with Crippen molar-refractivity contribution < 1.29 is 8.42 Å². The number of sulfonamides is 1. The van der Waals surface area contributed by atoms with E-state index in [1.165, 1.54) is 11.3 Å². The van der Waals surface area contributed by atoms with E-state index < -0.39 is 10.0 Å². The van der Waals surface area contributed by atoms with Gasteiger partial charge in [0, 0.05) is 30.1 Å². The highest BCUT2D eigenvalue weighted by molar-refractivity contribution is 7.90. The molecule has 0 aromatic heterocycles. The molecule has 2 heterocycles. The zero-order valence-electron chi connectivity index (χ0n) is 20.1. The number of hydrogen-bond acceptors (Lipinski definition) is 4. The lowest BCUT2D eigenvalue weighted by atomic mass is 9.62. The first-order valence-electron chi connectivity index (χ1n) is 11.0. The molecule has 6 heteroatoms. The second-order valence-corrected chi connectivity index (χ2v) is 14.4. The van der Waals surface area contributed by atoms with Crippen molar-refractivity contribution in [3.05, 3.63) is 11.3 Å². The van der Waals surface area contributed by atoms with Gasteiger partial charge in [-0.1, -0.05) is 62.3 Å². The largest absolute Gasteiger partial charge is 0.332 e. The summed E-state index contributed by atoms with van der Waals surface area (Å²) in [5.41, 5.74) is 2.04. The van der Waals surface area contributed by atoms with Gasteiger partial charge in [0.1, 0.15) is 5.84 Å². The molecule has 0 aromatic rings. The van der Waals surface area contributed by atoms with E-state index >= 15 is 0 Å². The Bertz CT molecular complexity index is 846. The van der Waals surface area contributed by atoms with Crippen molar-refractivity contribution in [3.8, 4) is 0 Å². The standard InChI is InChI=1S/C23H41N3O2S/c1-20(2,3)18-17-13-15(25-29(27,28)16-11-12-16)14-26(17)19(21(4,5)6)24-23(18,10)22(7,8)9/h15-16,25H,11-14H2,1-10H3/t15-,23+/m0/s1. The summed E-state index contributed by atoms with van der Waals surface area (Å²) in [5, 5.41) is -0.188. The van der Waals surface area contributed by atoms with Crippen LogP contribution >= 0.6 is 0 Å². The molecule has 2 atom stereocenters. The fourth-order valence-electron chi connectivity index (χ4n) is 4.86. The number of rotatable bonds is 3. The third-order valence-electron chi connectivity index (χ3n) is 6.70. The summed E-state index contributed by atoms with van der Waals surface area (Å²) < 4.78 is 28.3. The van der Waals surface area contributed by atoms with Crippen LogP contribution in [0.15, 0.2) is 16.3 Å². The molecule has 3 rings (SSSR count). The van der Waals surface area contributed by atoms with E-state index in [4.69, 9.17) is 4.99 Å². The van der Waals surface area contributed by atoms with Crippen molar-refractivity contribution in [2.24, 2.45) is 21.2 Å². The van der Waals surface area contributed by atoms with E-state index in [1.807, 2.05) is 0 Å². The van der Waals surface area contributed by atoms with E-state index in [1.54, 1.807) is 0 Å². The lowest BCUT2D eigenvalue weighted by Crippen LogP contribution is -2.53. The van der Waals surface area contributed by atoms with E-state index in [9.17, 15) is 8.42 Å². The number of nitrogens with one attached hydrogen (secondary N) is 1. The van der Waals surface area contributed by atoms with Gasteiger partial charge in [0.25, 0.3) is 0 Å². The van der Waals surface area contributed by atoms with Gasteiger partial charge in [-0.2, -0.15) is 0 Å². The summed E-state index contributed by atoms with van der Waals surface area (Å²) in [6, 6.07) is -0.0946. The molecule has 0 spiro atoms. The molecule has 0 bridgehead atoms. The molecule has 5 nitrogen and oxygen atoms in total. The summed E-state index contributed by atoms with van der Waals surface area (Å²) in [5.74, 6) is 1.08. The molecule has 29 heavy (non-hydrogen) atoms. The number of fused-ring (bicyclic) bond motifs is 1. The predicted octanol–water partition coefficient (Wildman–Crippen LogP) is 4.71. The second-order valence-electron chi connectivity index (χ2n) is 12.5. The van der Waals surface area contributed by atoms with Gasteiger partial charge in [-0.15, -0.1) is 0 Å². The third-order valence-corrected chi connectivity index (χ3v) is 8.72. The van der Waals surface area contributed by atoms with Crippen LogP contribution < -0.4 is 4.72 Å². The van der Waals surface area contributed by atoms with E-state index in [2.05, 4.69) is 78.9 Å². The summed E-state index contributed by atoms with van der Waals surface area (Å²) in [6.07, 6.45) is 2.32. The van der Waals surface area contributed by atoms with Crippen molar-refractivity contribution >= 4 is 15.9 Å². The Morgan fingerprint density at radius 1 is 1.00 bits per heavy atom. The minimum Gasteiger partial charge on any atom is -0.332 e. The van der Waals surface area contributed by atoms with Crippen LogP contribution in [0, 0.1) is 16.2 Å². The zero-order valence-corrected chi connectivity index (χ0v) is 20.9. The van der Waals surface area contributed by atoms with Gasteiger partial charge in [0.15, 0.2) is 0 Å². The van der Waals surface area contributed by atoms with Gasteiger partial charge in [-0.05, 0) is 36.2 Å².